The average Bonchev–Trinajstić information content (AvgIpc) is 2.02. The minimum atomic E-state index is -1.02. The number of hydrogen-bond acceptors (Lipinski definition) is 4. The van der Waals surface area contributed by atoms with Gasteiger partial charge in [0.15, 0.2) is 5.82 Å². The second kappa shape index (κ2) is 2.49. The highest BCUT2D eigenvalue weighted by Gasteiger charge is 2.52. The predicted molar refractivity (Wildman–Crippen MR) is 45.8 cm³/mol. The molecule has 4 heteroatoms. The van der Waals surface area contributed by atoms with Gasteiger partial charge in [-0.25, -0.2) is 9.97 Å². The van der Waals surface area contributed by atoms with Gasteiger partial charge in [0.25, 0.3) is 0 Å². The van der Waals surface area contributed by atoms with Gasteiger partial charge < -0.3 is 10.2 Å². The highest BCUT2D eigenvalue weighted by atomic mass is 16.3. The van der Waals surface area contributed by atoms with Gasteiger partial charge in [-0.1, -0.05) is 0 Å². The molecular formula is C9H12N2O2. The van der Waals surface area contributed by atoms with Gasteiger partial charge in [0.05, 0.1) is 5.60 Å². The van der Waals surface area contributed by atoms with Gasteiger partial charge in [-0.05, 0) is 13.0 Å². The molecule has 1 aromatic rings. The molecule has 0 amide bonds. The summed E-state index contributed by atoms with van der Waals surface area (Å²) < 4.78 is 0. The largest absolute Gasteiger partial charge is 0.390 e. The molecule has 1 aromatic heterocycles. The molecule has 0 spiro atoms. The van der Waals surface area contributed by atoms with E-state index < -0.39 is 11.2 Å². The maximum atomic E-state index is 9.93. The van der Waals surface area contributed by atoms with Crippen molar-refractivity contribution in [2.45, 2.75) is 31.0 Å². The van der Waals surface area contributed by atoms with Crippen molar-refractivity contribution in [3.8, 4) is 0 Å². The van der Waals surface area contributed by atoms with Crippen molar-refractivity contribution in [3.63, 3.8) is 0 Å². The molecule has 4 nitrogen and oxygen atoms in total. The van der Waals surface area contributed by atoms with E-state index in [-0.39, 0.29) is 0 Å². The Morgan fingerprint density at radius 1 is 1.23 bits per heavy atom. The Labute approximate surface area is 76.3 Å². The Kier molecular flexibility index (Phi) is 1.65. The summed E-state index contributed by atoms with van der Waals surface area (Å²) >= 11 is 0. The number of rotatable bonds is 1. The summed E-state index contributed by atoms with van der Waals surface area (Å²) in [6.07, 6.45) is 3.80. The fraction of sp³-hybridized carbons (Fsp3) is 0.556. The van der Waals surface area contributed by atoms with Crippen LogP contribution in [-0.4, -0.2) is 25.8 Å². The fourth-order valence-electron chi connectivity index (χ4n) is 1.91. The Morgan fingerprint density at radius 2 is 1.77 bits per heavy atom. The van der Waals surface area contributed by atoms with Crippen LogP contribution in [0.5, 0.6) is 0 Å². The minimum Gasteiger partial charge on any atom is -0.390 e. The zero-order valence-electron chi connectivity index (χ0n) is 7.44. The number of aliphatic hydroxyl groups is 2. The first-order valence-corrected chi connectivity index (χ1v) is 4.24. The summed E-state index contributed by atoms with van der Waals surface area (Å²) in [7, 11) is 0. The van der Waals surface area contributed by atoms with Crippen molar-refractivity contribution < 1.29 is 10.2 Å². The molecule has 1 saturated carbocycles. The molecule has 0 unspecified atom stereocenters. The topological polar surface area (TPSA) is 66.2 Å². The zero-order chi connectivity index (χ0) is 9.53. The van der Waals surface area contributed by atoms with Crippen molar-refractivity contribution in [2.75, 3.05) is 0 Å². The molecule has 1 heterocycles. The maximum absolute atomic E-state index is 9.93. The van der Waals surface area contributed by atoms with Gasteiger partial charge in [-0.3, -0.25) is 0 Å². The van der Waals surface area contributed by atoms with Crippen LogP contribution < -0.4 is 0 Å². The Hall–Kier alpha value is -1.00. The highest BCUT2D eigenvalue weighted by molar-refractivity contribution is 5.13. The lowest BCUT2D eigenvalue weighted by atomic mass is 9.68. The number of aromatic nitrogens is 2. The Balaban J connectivity index is 2.21. The van der Waals surface area contributed by atoms with Crippen molar-refractivity contribution in [1.82, 2.24) is 9.97 Å². The molecule has 13 heavy (non-hydrogen) atoms. The van der Waals surface area contributed by atoms with E-state index in [9.17, 15) is 10.2 Å². The summed E-state index contributed by atoms with van der Waals surface area (Å²) in [4.78, 5) is 7.93. The molecule has 0 atom stereocenters. The summed E-state index contributed by atoms with van der Waals surface area (Å²) in [6.45, 7) is 1.70. The number of nitrogens with zero attached hydrogens (tertiary/aromatic N) is 2. The van der Waals surface area contributed by atoms with E-state index in [0.29, 0.717) is 18.7 Å². The SMILES string of the molecule is CC1(O)CC(O)(c2ncccn2)C1. The lowest BCUT2D eigenvalue weighted by molar-refractivity contribution is -0.180. The molecule has 0 aromatic carbocycles. The minimum absolute atomic E-state index is 0.310. The third kappa shape index (κ3) is 1.43. The second-order valence-electron chi connectivity index (χ2n) is 3.95. The van der Waals surface area contributed by atoms with Gasteiger partial charge >= 0.3 is 0 Å². The number of hydrogen-bond donors (Lipinski definition) is 2. The first-order chi connectivity index (χ1) is 6.02. The molecule has 0 bridgehead atoms. The van der Waals surface area contributed by atoms with Crippen LogP contribution in [0.1, 0.15) is 25.6 Å². The van der Waals surface area contributed by atoms with Crippen molar-refractivity contribution in [2.24, 2.45) is 0 Å². The van der Waals surface area contributed by atoms with Crippen molar-refractivity contribution in [1.29, 1.82) is 0 Å². The van der Waals surface area contributed by atoms with Crippen LogP contribution in [0, 0.1) is 0 Å². The van der Waals surface area contributed by atoms with E-state index in [0.717, 1.165) is 0 Å². The lowest BCUT2D eigenvalue weighted by Gasteiger charge is -2.46. The molecule has 2 rings (SSSR count). The van der Waals surface area contributed by atoms with Crippen LogP contribution >= 0.6 is 0 Å². The first-order valence-electron chi connectivity index (χ1n) is 4.24. The normalized spacial score (nSPS) is 38.4. The second-order valence-corrected chi connectivity index (χ2v) is 3.95. The summed E-state index contributed by atoms with van der Waals surface area (Å²) in [6, 6.07) is 1.70. The fourth-order valence-corrected chi connectivity index (χ4v) is 1.91. The van der Waals surface area contributed by atoms with E-state index in [4.69, 9.17) is 0 Å². The summed E-state index contributed by atoms with van der Waals surface area (Å²) in [5.74, 6) is 0.404. The van der Waals surface area contributed by atoms with Gasteiger partial charge in [0.2, 0.25) is 0 Å². The van der Waals surface area contributed by atoms with Crippen LogP contribution in [0.15, 0.2) is 18.5 Å². The Bertz CT molecular complexity index is 303. The molecule has 1 aliphatic carbocycles. The van der Waals surface area contributed by atoms with Crippen LogP contribution in [0.2, 0.25) is 0 Å². The monoisotopic (exact) mass is 180 g/mol. The van der Waals surface area contributed by atoms with Crippen LogP contribution in [-0.2, 0) is 5.60 Å². The standard InChI is InChI=1S/C9H12N2O2/c1-8(12)5-9(13,6-8)7-10-3-2-4-11-7/h2-4,12-13H,5-6H2,1H3. The van der Waals surface area contributed by atoms with Gasteiger partial charge in [0, 0.05) is 25.2 Å². The van der Waals surface area contributed by atoms with Crippen molar-refractivity contribution in [3.05, 3.63) is 24.3 Å². The summed E-state index contributed by atoms with van der Waals surface area (Å²) in [5, 5.41) is 19.4. The first kappa shape index (κ1) is 8.59. The molecule has 2 N–H and O–H groups in total. The molecule has 0 saturated heterocycles. The average molecular weight is 180 g/mol. The summed E-state index contributed by atoms with van der Waals surface area (Å²) in [5.41, 5.74) is -1.79. The smallest absolute Gasteiger partial charge is 0.160 e. The molecule has 0 radical (unpaired) electrons. The Morgan fingerprint density at radius 3 is 2.23 bits per heavy atom. The molecule has 1 aliphatic rings. The highest BCUT2D eigenvalue weighted by Crippen LogP contribution is 2.46. The quantitative estimate of drug-likeness (QED) is 0.648. The van der Waals surface area contributed by atoms with Gasteiger partial charge in [-0.15, -0.1) is 0 Å². The van der Waals surface area contributed by atoms with E-state index >= 15 is 0 Å². The van der Waals surface area contributed by atoms with Gasteiger partial charge in [-0.2, -0.15) is 0 Å². The van der Waals surface area contributed by atoms with E-state index in [2.05, 4.69) is 9.97 Å². The van der Waals surface area contributed by atoms with Crippen LogP contribution in [0.4, 0.5) is 0 Å². The molecule has 70 valence electrons. The molecule has 1 fully saturated rings. The molecule has 0 aliphatic heterocycles. The third-order valence-electron chi connectivity index (χ3n) is 2.33. The zero-order valence-corrected chi connectivity index (χ0v) is 7.44. The lowest BCUT2D eigenvalue weighted by Crippen LogP contribution is -2.53. The van der Waals surface area contributed by atoms with Gasteiger partial charge in [0.1, 0.15) is 5.60 Å². The van der Waals surface area contributed by atoms with E-state index in [1.165, 1.54) is 0 Å². The third-order valence-corrected chi connectivity index (χ3v) is 2.33. The van der Waals surface area contributed by atoms with Crippen LogP contribution in [0.25, 0.3) is 0 Å². The van der Waals surface area contributed by atoms with Crippen molar-refractivity contribution >= 4 is 0 Å². The van der Waals surface area contributed by atoms with E-state index in [1.807, 2.05) is 0 Å². The van der Waals surface area contributed by atoms with E-state index in [1.54, 1.807) is 25.4 Å². The predicted octanol–water partition coefficient (Wildman–Crippen LogP) is 0.209. The molecular weight excluding hydrogens is 168 g/mol. The maximum Gasteiger partial charge on any atom is 0.160 e. The van der Waals surface area contributed by atoms with Crippen LogP contribution in [0.3, 0.4) is 0 Å².